The van der Waals surface area contributed by atoms with Crippen molar-refractivity contribution in [3.8, 4) is 11.6 Å². The third kappa shape index (κ3) is 4.94. The summed E-state index contributed by atoms with van der Waals surface area (Å²) in [7, 11) is 0. The number of aromatic nitrogens is 1. The Hall–Kier alpha value is -3.14. The van der Waals surface area contributed by atoms with Crippen LogP contribution >= 0.6 is 12.2 Å². The van der Waals surface area contributed by atoms with Gasteiger partial charge in [0.15, 0.2) is 5.69 Å². The number of hydrogen-bond acceptors (Lipinski definition) is 4. The molecule has 0 spiro atoms. The molecular weight excluding hydrogens is 381 g/mol. The molecule has 27 heavy (non-hydrogen) atoms. The van der Waals surface area contributed by atoms with Gasteiger partial charge in [-0.25, -0.2) is 0 Å². The summed E-state index contributed by atoms with van der Waals surface area (Å²) in [6, 6.07) is 13.0. The minimum atomic E-state index is -4.82. The maximum atomic E-state index is 12.4. The van der Waals surface area contributed by atoms with Gasteiger partial charge in [0, 0.05) is 11.9 Å². The molecule has 6 nitrogen and oxygen atoms in total. The van der Waals surface area contributed by atoms with Crippen LogP contribution < -0.4 is 10.1 Å². The van der Waals surface area contributed by atoms with E-state index in [1.807, 2.05) is 30.3 Å². The van der Waals surface area contributed by atoms with Crippen molar-refractivity contribution in [1.29, 1.82) is 0 Å². The van der Waals surface area contributed by atoms with Gasteiger partial charge in [0.2, 0.25) is 11.0 Å². The number of thiocarbonyl (C=S) groups is 1. The number of alkyl halides is 3. The highest BCUT2D eigenvalue weighted by atomic mass is 32.1. The van der Waals surface area contributed by atoms with E-state index < -0.39 is 12.1 Å². The molecule has 3 rings (SSSR count). The van der Waals surface area contributed by atoms with E-state index in [1.165, 1.54) is 6.07 Å². The van der Waals surface area contributed by atoms with Gasteiger partial charge in [0.25, 0.3) is 0 Å². The Labute approximate surface area is 156 Å². The summed E-state index contributed by atoms with van der Waals surface area (Å²) < 4.78 is 41.0. The van der Waals surface area contributed by atoms with Crippen molar-refractivity contribution >= 4 is 33.9 Å². The maximum absolute atomic E-state index is 12.4. The SMILES string of the molecule is Oc1[nH]c2ccc(OC(F)(F)F)cc2c1N=NC(=S)NCc1ccccc1. The van der Waals surface area contributed by atoms with Crippen LogP contribution in [0.3, 0.4) is 0 Å². The van der Waals surface area contributed by atoms with E-state index in [2.05, 4.69) is 25.3 Å². The van der Waals surface area contributed by atoms with Crippen LogP contribution in [-0.4, -0.2) is 21.6 Å². The van der Waals surface area contributed by atoms with Gasteiger partial charge in [-0.15, -0.1) is 23.4 Å². The Morgan fingerprint density at radius 3 is 2.63 bits per heavy atom. The van der Waals surface area contributed by atoms with Crippen molar-refractivity contribution in [2.75, 3.05) is 0 Å². The fourth-order valence-corrected chi connectivity index (χ4v) is 2.46. The molecular formula is C17H13F3N4O2S. The first-order valence-corrected chi connectivity index (χ1v) is 8.06. The van der Waals surface area contributed by atoms with Crippen molar-refractivity contribution in [1.82, 2.24) is 10.3 Å². The Balaban J connectivity index is 1.76. The van der Waals surface area contributed by atoms with Crippen molar-refractivity contribution in [2.24, 2.45) is 10.2 Å². The van der Waals surface area contributed by atoms with E-state index >= 15 is 0 Å². The first-order chi connectivity index (χ1) is 12.8. The summed E-state index contributed by atoms with van der Waals surface area (Å²) in [5.41, 5.74) is 1.32. The third-order valence-corrected chi connectivity index (χ3v) is 3.71. The molecule has 10 heteroatoms. The zero-order chi connectivity index (χ0) is 19.4. The van der Waals surface area contributed by atoms with E-state index in [1.54, 1.807) is 0 Å². The van der Waals surface area contributed by atoms with E-state index in [-0.39, 0.29) is 22.1 Å². The summed E-state index contributed by atoms with van der Waals surface area (Å²) in [6.45, 7) is 0.433. The summed E-state index contributed by atoms with van der Waals surface area (Å²) >= 11 is 5.05. The van der Waals surface area contributed by atoms with Gasteiger partial charge >= 0.3 is 6.36 Å². The molecule has 0 fully saturated rings. The molecule has 140 valence electrons. The molecule has 0 atom stereocenters. The number of ether oxygens (including phenoxy) is 1. The van der Waals surface area contributed by atoms with Gasteiger partial charge in [-0.3, -0.25) is 0 Å². The first-order valence-electron chi connectivity index (χ1n) is 7.66. The van der Waals surface area contributed by atoms with Crippen LogP contribution in [0.1, 0.15) is 5.56 Å². The van der Waals surface area contributed by atoms with Crippen LogP contribution in [0, 0.1) is 0 Å². The summed E-state index contributed by atoms with van der Waals surface area (Å²) in [5, 5.41) is 20.7. The van der Waals surface area contributed by atoms with Crippen LogP contribution in [0.15, 0.2) is 58.8 Å². The molecule has 0 amide bonds. The summed E-state index contributed by atoms with van der Waals surface area (Å²) in [4.78, 5) is 2.60. The number of H-pyrrole nitrogens is 1. The van der Waals surface area contributed by atoms with E-state index in [9.17, 15) is 18.3 Å². The van der Waals surface area contributed by atoms with E-state index in [0.717, 1.165) is 17.7 Å². The largest absolute Gasteiger partial charge is 0.573 e. The standard InChI is InChI=1S/C17H13F3N4O2S/c18-17(19,20)26-11-6-7-13-12(8-11)14(15(25)22-13)23-24-16(27)21-9-10-4-2-1-3-5-10/h1-8,22,25H,9H2,(H,21,27). The molecule has 0 saturated heterocycles. The monoisotopic (exact) mass is 394 g/mol. The second kappa shape index (κ2) is 7.62. The number of fused-ring (bicyclic) bond motifs is 1. The Kier molecular flexibility index (Phi) is 5.26. The lowest BCUT2D eigenvalue weighted by Gasteiger charge is -2.08. The fourth-order valence-electron chi connectivity index (χ4n) is 2.35. The molecule has 0 bridgehead atoms. The number of hydrogen-bond donors (Lipinski definition) is 3. The van der Waals surface area contributed by atoms with Crippen LogP contribution in [-0.2, 0) is 6.54 Å². The van der Waals surface area contributed by atoms with Crippen LogP contribution in [0.25, 0.3) is 10.9 Å². The zero-order valence-corrected chi connectivity index (χ0v) is 14.4. The van der Waals surface area contributed by atoms with Gasteiger partial charge in [0.05, 0.1) is 5.52 Å². The first kappa shape index (κ1) is 18.6. The molecule has 0 aliphatic rings. The van der Waals surface area contributed by atoms with Gasteiger partial charge < -0.3 is 20.1 Å². The molecule has 2 aromatic carbocycles. The number of benzene rings is 2. The van der Waals surface area contributed by atoms with Crippen molar-refractivity contribution < 1.29 is 23.0 Å². The van der Waals surface area contributed by atoms with Crippen LogP contribution in [0.5, 0.6) is 11.6 Å². The molecule has 0 radical (unpaired) electrons. The number of aromatic amines is 1. The predicted octanol–water partition coefficient (Wildman–Crippen LogP) is 4.93. The predicted molar refractivity (Wildman–Crippen MR) is 97.0 cm³/mol. The smallest absolute Gasteiger partial charge is 0.493 e. The molecule has 3 aromatic rings. The van der Waals surface area contributed by atoms with E-state index in [0.29, 0.717) is 12.1 Å². The summed E-state index contributed by atoms with van der Waals surface area (Å²) in [6.07, 6.45) is -4.82. The van der Waals surface area contributed by atoms with Gasteiger partial charge in [0.1, 0.15) is 5.75 Å². The van der Waals surface area contributed by atoms with Gasteiger partial charge in [-0.2, -0.15) is 0 Å². The zero-order valence-electron chi connectivity index (χ0n) is 13.6. The van der Waals surface area contributed by atoms with Crippen LogP contribution in [0.4, 0.5) is 18.9 Å². The Bertz CT molecular complexity index is 987. The highest BCUT2D eigenvalue weighted by Gasteiger charge is 2.31. The number of azo groups is 1. The lowest BCUT2D eigenvalue weighted by molar-refractivity contribution is -0.274. The molecule has 3 N–H and O–H groups in total. The second-order valence-corrected chi connectivity index (χ2v) is 5.81. The van der Waals surface area contributed by atoms with E-state index in [4.69, 9.17) is 12.2 Å². The number of nitrogens with one attached hydrogen (secondary N) is 2. The lowest BCUT2D eigenvalue weighted by Crippen LogP contribution is -2.18. The minimum absolute atomic E-state index is 0.0403. The molecule has 0 saturated carbocycles. The fraction of sp³-hybridized carbons (Fsp3) is 0.118. The highest BCUT2D eigenvalue weighted by Crippen LogP contribution is 2.38. The van der Waals surface area contributed by atoms with Gasteiger partial charge in [-0.05, 0) is 36.0 Å². The average Bonchev–Trinajstić information content (AvgIpc) is 2.92. The average molecular weight is 394 g/mol. The minimum Gasteiger partial charge on any atom is -0.493 e. The molecule has 0 aliphatic carbocycles. The number of aromatic hydroxyl groups is 1. The van der Waals surface area contributed by atoms with Crippen LogP contribution in [0.2, 0.25) is 0 Å². The summed E-state index contributed by atoms with van der Waals surface area (Å²) in [5.74, 6) is -0.779. The molecule has 1 aromatic heterocycles. The number of nitrogens with zero attached hydrogens (tertiary/aromatic N) is 2. The van der Waals surface area contributed by atoms with Gasteiger partial charge in [-0.1, -0.05) is 30.3 Å². The highest BCUT2D eigenvalue weighted by molar-refractivity contribution is 7.80. The van der Waals surface area contributed by atoms with Crippen molar-refractivity contribution in [2.45, 2.75) is 12.9 Å². The van der Waals surface area contributed by atoms with Crippen molar-refractivity contribution in [3.05, 3.63) is 54.1 Å². The molecule has 1 heterocycles. The number of rotatable bonds is 4. The maximum Gasteiger partial charge on any atom is 0.573 e. The van der Waals surface area contributed by atoms with Crippen molar-refractivity contribution in [3.63, 3.8) is 0 Å². The second-order valence-electron chi connectivity index (χ2n) is 5.42. The quantitative estimate of drug-likeness (QED) is 0.433. The normalized spacial score (nSPS) is 11.8. The Morgan fingerprint density at radius 1 is 1.19 bits per heavy atom. The third-order valence-electron chi connectivity index (χ3n) is 3.48. The number of halogens is 3. The molecule has 0 aliphatic heterocycles. The topological polar surface area (TPSA) is 82.0 Å². The lowest BCUT2D eigenvalue weighted by atomic mass is 10.2. The Morgan fingerprint density at radius 2 is 1.93 bits per heavy atom. The molecule has 0 unspecified atom stereocenters.